The highest BCUT2D eigenvalue weighted by Crippen LogP contribution is 2.15. The lowest BCUT2D eigenvalue weighted by atomic mass is 10.2. The molecule has 1 atom stereocenters. The lowest BCUT2D eigenvalue weighted by Crippen LogP contribution is -2.46. The van der Waals surface area contributed by atoms with Crippen molar-refractivity contribution in [1.82, 2.24) is 20.4 Å². The third-order valence-electron chi connectivity index (χ3n) is 5.43. The number of nitrogens with zero attached hydrogens (tertiary/aromatic N) is 3. The molecule has 33 heavy (non-hydrogen) atoms. The van der Waals surface area contributed by atoms with E-state index in [0.717, 1.165) is 76.9 Å². The molecule has 10 heteroatoms. The Labute approximate surface area is 214 Å². The van der Waals surface area contributed by atoms with Crippen molar-refractivity contribution in [2.24, 2.45) is 4.99 Å². The van der Waals surface area contributed by atoms with E-state index in [-0.39, 0.29) is 36.1 Å². The van der Waals surface area contributed by atoms with Gasteiger partial charge < -0.3 is 29.4 Å². The molecule has 1 aromatic rings. The number of nitrogens with one attached hydrogen (secondary N) is 2. The number of morpholine rings is 1. The topological polar surface area (TPSA) is 91.6 Å². The molecule has 1 amide bonds. The van der Waals surface area contributed by atoms with Crippen LogP contribution in [-0.2, 0) is 15.9 Å². The summed E-state index contributed by atoms with van der Waals surface area (Å²) < 4.78 is 16.3. The van der Waals surface area contributed by atoms with Gasteiger partial charge in [-0.15, -0.1) is 24.0 Å². The van der Waals surface area contributed by atoms with E-state index >= 15 is 0 Å². The van der Waals surface area contributed by atoms with Crippen LogP contribution in [0.25, 0.3) is 0 Å². The van der Waals surface area contributed by atoms with E-state index in [4.69, 9.17) is 18.9 Å². The van der Waals surface area contributed by atoms with Gasteiger partial charge in [0, 0.05) is 58.3 Å². The third kappa shape index (κ3) is 10.5. The summed E-state index contributed by atoms with van der Waals surface area (Å²) >= 11 is 0. The number of carbonyl (C=O) groups excluding carboxylic acids is 1. The molecular weight excluding hydrogens is 537 g/mol. The standard InChI is InChI=1S/C23H39N5O4.HI/c1-23(2,3)32-22(29)28-12-8-19(18-28)26-21(25-10-7-20-6-4-15-31-20)24-9-5-11-27-13-16-30-17-14-27;/h4,6,15,19H,5,7-14,16-18H2,1-3H3,(H2,24,25,26);1H. The summed E-state index contributed by atoms with van der Waals surface area (Å²) in [7, 11) is 0. The summed E-state index contributed by atoms with van der Waals surface area (Å²) in [5.41, 5.74) is -0.483. The monoisotopic (exact) mass is 577 g/mol. The van der Waals surface area contributed by atoms with Crippen LogP contribution >= 0.6 is 24.0 Å². The second-order valence-corrected chi connectivity index (χ2v) is 9.35. The lowest BCUT2D eigenvalue weighted by molar-refractivity contribution is 0.0291. The number of guanidine groups is 1. The Hall–Kier alpha value is -1.53. The van der Waals surface area contributed by atoms with Crippen molar-refractivity contribution in [3.05, 3.63) is 24.2 Å². The summed E-state index contributed by atoms with van der Waals surface area (Å²) in [6.07, 6.45) is 4.09. The molecule has 1 aromatic heterocycles. The Morgan fingerprint density at radius 2 is 2.06 bits per heavy atom. The largest absolute Gasteiger partial charge is 0.469 e. The number of carbonyl (C=O) groups is 1. The first-order valence-corrected chi connectivity index (χ1v) is 11.7. The fourth-order valence-corrected chi connectivity index (χ4v) is 3.79. The molecule has 0 saturated carbocycles. The summed E-state index contributed by atoms with van der Waals surface area (Å²) in [5.74, 6) is 1.73. The summed E-state index contributed by atoms with van der Waals surface area (Å²) in [6, 6.07) is 4.03. The molecule has 2 N–H and O–H groups in total. The normalized spacial score (nSPS) is 19.8. The van der Waals surface area contributed by atoms with E-state index in [1.165, 1.54) is 0 Å². The number of halogens is 1. The van der Waals surface area contributed by atoms with Crippen LogP contribution in [0.4, 0.5) is 4.79 Å². The minimum atomic E-state index is -0.483. The van der Waals surface area contributed by atoms with E-state index in [0.29, 0.717) is 13.1 Å². The van der Waals surface area contributed by atoms with Gasteiger partial charge in [0.1, 0.15) is 11.4 Å². The van der Waals surface area contributed by atoms with Crippen molar-refractivity contribution in [3.8, 4) is 0 Å². The first kappa shape index (κ1) is 27.7. The molecule has 0 bridgehead atoms. The van der Waals surface area contributed by atoms with E-state index < -0.39 is 5.60 Å². The smallest absolute Gasteiger partial charge is 0.410 e. The van der Waals surface area contributed by atoms with Crippen LogP contribution in [-0.4, -0.2) is 92.5 Å². The molecule has 1 unspecified atom stereocenters. The number of amides is 1. The SMILES string of the molecule is CC(C)(C)OC(=O)N1CCC(NC(=NCCCN2CCOCC2)NCCc2ccco2)C1.I. The predicted molar refractivity (Wildman–Crippen MR) is 139 cm³/mol. The van der Waals surface area contributed by atoms with Gasteiger partial charge in [-0.25, -0.2) is 4.79 Å². The molecule has 0 spiro atoms. The summed E-state index contributed by atoms with van der Waals surface area (Å²) in [6.45, 7) is 13.1. The molecule has 2 fully saturated rings. The minimum Gasteiger partial charge on any atom is -0.469 e. The first-order chi connectivity index (χ1) is 15.4. The van der Waals surface area contributed by atoms with Crippen molar-refractivity contribution in [2.45, 2.75) is 51.7 Å². The van der Waals surface area contributed by atoms with Crippen molar-refractivity contribution in [3.63, 3.8) is 0 Å². The highest BCUT2D eigenvalue weighted by atomic mass is 127. The van der Waals surface area contributed by atoms with Crippen LogP contribution in [0.2, 0.25) is 0 Å². The van der Waals surface area contributed by atoms with E-state index in [9.17, 15) is 4.79 Å². The van der Waals surface area contributed by atoms with Gasteiger partial charge in [0.15, 0.2) is 5.96 Å². The molecule has 3 rings (SSSR count). The van der Waals surface area contributed by atoms with Crippen molar-refractivity contribution in [2.75, 3.05) is 59.0 Å². The zero-order chi connectivity index (χ0) is 22.8. The maximum absolute atomic E-state index is 12.4. The number of hydrogen-bond acceptors (Lipinski definition) is 6. The van der Waals surface area contributed by atoms with Gasteiger partial charge in [-0.1, -0.05) is 0 Å². The fourth-order valence-electron chi connectivity index (χ4n) is 3.79. The Kier molecular flexibility index (Phi) is 11.8. The molecule has 188 valence electrons. The number of hydrogen-bond donors (Lipinski definition) is 2. The third-order valence-corrected chi connectivity index (χ3v) is 5.43. The number of rotatable bonds is 8. The molecule has 0 aromatic carbocycles. The van der Waals surface area contributed by atoms with Gasteiger partial charge in [-0.2, -0.15) is 0 Å². The summed E-state index contributed by atoms with van der Waals surface area (Å²) in [4.78, 5) is 21.3. The van der Waals surface area contributed by atoms with Gasteiger partial charge in [-0.05, 0) is 45.7 Å². The van der Waals surface area contributed by atoms with E-state index in [1.54, 1.807) is 11.2 Å². The molecular formula is C23H40IN5O4. The lowest BCUT2D eigenvalue weighted by Gasteiger charge is -2.26. The Bertz CT molecular complexity index is 717. The van der Waals surface area contributed by atoms with Gasteiger partial charge in [0.2, 0.25) is 0 Å². The predicted octanol–water partition coefficient (Wildman–Crippen LogP) is 2.71. The zero-order valence-electron chi connectivity index (χ0n) is 20.2. The van der Waals surface area contributed by atoms with Gasteiger partial charge in [0.05, 0.1) is 19.5 Å². The quantitative estimate of drug-likeness (QED) is 0.213. The molecule has 2 aliphatic rings. The van der Waals surface area contributed by atoms with Crippen LogP contribution in [0.3, 0.4) is 0 Å². The van der Waals surface area contributed by atoms with E-state index in [2.05, 4.69) is 15.5 Å². The van der Waals surface area contributed by atoms with Gasteiger partial charge >= 0.3 is 6.09 Å². The van der Waals surface area contributed by atoms with E-state index in [1.807, 2.05) is 32.9 Å². The Morgan fingerprint density at radius 1 is 1.27 bits per heavy atom. The highest BCUT2D eigenvalue weighted by Gasteiger charge is 2.30. The van der Waals surface area contributed by atoms with Crippen molar-refractivity contribution in [1.29, 1.82) is 0 Å². The minimum absolute atomic E-state index is 0. The second-order valence-electron chi connectivity index (χ2n) is 9.35. The molecule has 3 heterocycles. The molecule has 0 aliphatic carbocycles. The van der Waals surface area contributed by atoms with Crippen molar-refractivity contribution < 1.29 is 18.7 Å². The fraction of sp³-hybridized carbons (Fsp3) is 0.739. The first-order valence-electron chi connectivity index (χ1n) is 11.7. The number of aliphatic imine (C=N–C) groups is 1. The van der Waals surface area contributed by atoms with Crippen LogP contribution in [0.15, 0.2) is 27.8 Å². The number of furan rings is 1. The van der Waals surface area contributed by atoms with Crippen LogP contribution < -0.4 is 10.6 Å². The van der Waals surface area contributed by atoms with Crippen LogP contribution in [0, 0.1) is 0 Å². The number of likely N-dealkylation sites (tertiary alicyclic amines) is 1. The summed E-state index contributed by atoms with van der Waals surface area (Å²) in [5, 5.41) is 6.92. The van der Waals surface area contributed by atoms with Crippen molar-refractivity contribution >= 4 is 36.0 Å². The zero-order valence-corrected chi connectivity index (χ0v) is 22.5. The Balaban J connectivity index is 0.00000385. The van der Waals surface area contributed by atoms with Gasteiger partial charge in [0.25, 0.3) is 0 Å². The molecule has 2 aliphatic heterocycles. The molecule has 2 saturated heterocycles. The maximum Gasteiger partial charge on any atom is 0.410 e. The van der Waals surface area contributed by atoms with Gasteiger partial charge in [-0.3, -0.25) is 9.89 Å². The second kappa shape index (κ2) is 14.0. The highest BCUT2D eigenvalue weighted by molar-refractivity contribution is 14.0. The van der Waals surface area contributed by atoms with Crippen LogP contribution in [0.5, 0.6) is 0 Å². The maximum atomic E-state index is 12.4. The molecule has 0 radical (unpaired) electrons. The molecule has 9 nitrogen and oxygen atoms in total. The average Bonchev–Trinajstić information content (AvgIpc) is 3.43. The average molecular weight is 578 g/mol. The number of ether oxygens (including phenoxy) is 2. The Morgan fingerprint density at radius 3 is 2.76 bits per heavy atom. The van der Waals surface area contributed by atoms with Crippen LogP contribution in [0.1, 0.15) is 39.4 Å².